The Morgan fingerprint density at radius 1 is 1.22 bits per heavy atom. The van der Waals surface area contributed by atoms with Crippen LogP contribution in [0, 0.1) is 5.41 Å². The fourth-order valence-electron chi connectivity index (χ4n) is 1.60. The van der Waals surface area contributed by atoms with Crippen molar-refractivity contribution >= 4 is 35.6 Å². The van der Waals surface area contributed by atoms with Gasteiger partial charge in [0.2, 0.25) is 0 Å². The van der Waals surface area contributed by atoms with E-state index >= 15 is 0 Å². The van der Waals surface area contributed by atoms with Crippen molar-refractivity contribution in [3.63, 3.8) is 0 Å². The SMILES string of the molecule is CC(C)(C)[C@H](O)[C@H](N)c1c(O)cc(Cl)cc1Cl.Cl. The highest BCUT2D eigenvalue weighted by atomic mass is 35.5. The largest absolute Gasteiger partial charge is 0.507 e. The maximum Gasteiger partial charge on any atom is 0.123 e. The monoisotopic (exact) mass is 313 g/mol. The lowest BCUT2D eigenvalue weighted by Crippen LogP contribution is -2.37. The predicted octanol–water partition coefficient (Wildman–Crippen LogP) is 3.53. The van der Waals surface area contributed by atoms with Gasteiger partial charge in [-0.3, -0.25) is 0 Å². The summed E-state index contributed by atoms with van der Waals surface area (Å²) in [5.74, 6) is -0.0988. The number of hydrogen-bond acceptors (Lipinski definition) is 3. The molecule has 0 radical (unpaired) electrons. The number of phenols is 1. The van der Waals surface area contributed by atoms with Crippen LogP contribution in [-0.4, -0.2) is 16.3 Å². The summed E-state index contributed by atoms with van der Waals surface area (Å²) in [5, 5.41) is 20.5. The molecule has 0 amide bonds. The Morgan fingerprint density at radius 2 is 1.72 bits per heavy atom. The number of halogens is 3. The normalized spacial score (nSPS) is 14.8. The Labute approximate surface area is 123 Å². The highest BCUT2D eigenvalue weighted by molar-refractivity contribution is 6.35. The molecule has 1 aromatic carbocycles. The minimum atomic E-state index is -0.827. The zero-order valence-electron chi connectivity index (χ0n) is 10.4. The number of aliphatic hydroxyl groups is 1. The quantitative estimate of drug-likeness (QED) is 0.782. The van der Waals surface area contributed by atoms with Gasteiger partial charge >= 0.3 is 0 Å². The zero-order valence-corrected chi connectivity index (χ0v) is 12.8. The number of rotatable bonds is 2. The second kappa shape index (κ2) is 6.31. The van der Waals surface area contributed by atoms with Gasteiger partial charge in [-0.1, -0.05) is 44.0 Å². The molecule has 6 heteroatoms. The first kappa shape index (κ1) is 17.8. The summed E-state index contributed by atoms with van der Waals surface area (Å²) in [6.07, 6.45) is -0.827. The van der Waals surface area contributed by atoms with Gasteiger partial charge in [-0.15, -0.1) is 12.4 Å². The van der Waals surface area contributed by atoms with Crippen LogP contribution >= 0.6 is 35.6 Å². The summed E-state index contributed by atoms with van der Waals surface area (Å²) in [6.45, 7) is 5.58. The molecule has 0 fully saturated rings. The van der Waals surface area contributed by atoms with Crippen molar-refractivity contribution in [2.24, 2.45) is 11.1 Å². The maximum absolute atomic E-state index is 10.1. The third kappa shape index (κ3) is 3.90. The van der Waals surface area contributed by atoms with E-state index < -0.39 is 17.6 Å². The van der Waals surface area contributed by atoms with E-state index in [0.717, 1.165) is 0 Å². The van der Waals surface area contributed by atoms with Crippen molar-refractivity contribution in [1.29, 1.82) is 0 Å². The molecule has 1 rings (SSSR count). The summed E-state index contributed by atoms with van der Waals surface area (Å²) >= 11 is 11.7. The van der Waals surface area contributed by atoms with Crippen LogP contribution in [0.15, 0.2) is 12.1 Å². The number of aromatic hydroxyl groups is 1. The minimum Gasteiger partial charge on any atom is -0.507 e. The van der Waals surface area contributed by atoms with E-state index in [0.29, 0.717) is 10.6 Å². The fraction of sp³-hybridized carbons (Fsp3) is 0.500. The van der Waals surface area contributed by atoms with Gasteiger partial charge < -0.3 is 15.9 Å². The summed E-state index contributed by atoms with van der Waals surface area (Å²) < 4.78 is 0. The third-order valence-corrected chi connectivity index (χ3v) is 3.16. The van der Waals surface area contributed by atoms with Crippen LogP contribution in [0.25, 0.3) is 0 Å². The third-order valence-electron chi connectivity index (χ3n) is 2.63. The van der Waals surface area contributed by atoms with E-state index in [9.17, 15) is 10.2 Å². The fourth-order valence-corrected chi connectivity index (χ4v) is 2.21. The first-order valence-electron chi connectivity index (χ1n) is 5.26. The Kier molecular flexibility index (Phi) is 6.24. The van der Waals surface area contributed by atoms with E-state index in [1.807, 2.05) is 20.8 Å². The Hall–Kier alpha value is -0.190. The van der Waals surface area contributed by atoms with Crippen LogP contribution in [0.1, 0.15) is 32.4 Å². The van der Waals surface area contributed by atoms with Gasteiger partial charge in [0, 0.05) is 10.6 Å². The van der Waals surface area contributed by atoms with E-state index in [1.165, 1.54) is 12.1 Å². The average Bonchev–Trinajstić information content (AvgIpc) is 2.13. The van der Waals surface area contributed by atoms with Gasteiger partial charge in [-0.2, -0.15) is 0 Å². The van der Waals surface area contributed by atoms with Gasteiger partial charge in [0.25, 0.3) is 0 Å². The molecule has 104 valence electrons. The van der Waals surface area contributed by atoms with Crippen LogP contribution in [0.3, 0.4) is 0 Å². The van der Waals surface area contributed by atoms with E-state index in [4.69, 9.17) is 28.9 Å². The molecule has 0 spiro atoms. The average molecular weight is 315 g/mol. The standard InChI is InChI=1S/C12H17Cl2NO2.ClH/c1-12(2,3)11(17)10(15)9-7(14)4-6(13)5-8(9)16;/h4-5,10-11,16-17H,15H2,1-3H3;1H/t10-,11-;/m1./s1. The predicted molar refractivity (Wildman–Crippen MR) is 77.8 cm³/mol. The molecular weight excluding hydrogens is 296 g/mol. The van der Waals surface area contributed by atoms with E-state index in [1.54, 1.807) is 0 Å². The van der Waals surface area contributed by atoms with Crippen LogP contribution in [0.4, 0.5) is 0 Å². The lowest BCUT2D eigenvalue weighted by Gasteiger charge is -2.31. The first-order valence-corrected chi connectivity index (χ1v) is 6.01. The van der Waals surface area contributed by atoms with Crippen LogP contribution < -0.4 is 5.73 Å². The maximum atomic E-state index is 10.1. The molecule has 18 heavy (non-hydrogen) atoms. The minimum absolute atomic E-state index is 0. The zero-order chi connectivity index (χ0) is 13.4. The molecular formula is C12H18Cl3NO2. The number of phenolic OH excluding ortho intramolecular Hbond substituents is 1. The molecule has 0 aliphatic rings. The number of aliphatic hydroxyl groups excluding tert-OH is 1. The molecule has 4 N–H and O–H groups in total. The molecule has 0 saturated carbocycles. The van der Waals surface area contributed by atoms with Gasteiger partial charge in [-0.05, 0) is 17.5 Å². The molecule has 0 bridgehead atoms. The molecule has 2 atom stereocenters. The molecule has 0 saturated heterocycles. The Balaban J connectivity index is 0.00000289. The molecule has 0 heterocycles. The van der Waals surface area contributed by atoms with E-state index in [2.05, 4.69) is 0 Å². The number of nitrogens with two attached hydrogens (primary N) is 1. The Bertz CT molecular complexity index is 395. The highest BCUT2D eigenvalue weighted by Crippen LogP contribution is 2.38. The van der Waals surface area contributed by atoms with Crippen molar-refractivity contribution in [1.82, 2.24) is 0 Å². The Morgan fingerprint density at radius 3 is 2.11 bits per heavy atom. The van der Waals surface area contributed by atoms with Gasteiger partial charge in [0.05, 0.1) is 17.2 Å². The first-order chi connectivity index (χ1) is 7.64. The molecule has 3 nitrogen and oxygen atoms in total. The topological polar surface area (TPSA) is 66.5 Å². The summed E-state index contributed by atoms with van der Waals surface area (Å²) in [4.78, 5) is 0. The van der Waals surface area contributed by atoms with Gasteiger partial charge in [-0.25, -0.2) is 0 Å². The molecule has 0 aliphatic heterocycles. The van der Waals surface area contributed by atoms with Crippen LogP contribution in [-0.2, 0) is 0 Å². The molecule has 0 unspecified atom stereocenters. The molecule has 0 aliphatic carbocycles. The number of hydrogen-bond donors (Lipinski definition) is 3. The van der Waals surface area contributed by atoms with Crippen LogP contribution in [0.2, 0.25) is 10.0 Å². The lowest BCUT2D eigenvalue weighted by atomic mass is 9.82. The van der Waals surface area contributed by atoms with Crippen molar-refractivity contribution < 1.29 is 10.2 Å². The number of benzene rings is 1. The van der Waals surface area contributed by atoms with Crippen molar-refractivity contribution in [3.8, 4) is 5.75 Å². The van der Waals surface area contributed by atoms with Crippen LogP contribution in [0.5, 0.6) is 5.75 Å². The second-order valence-corrected chi connectivity index (χ2v) is 6.00. The highest BCUT2D eigenvalue weighted by Gasteiger charge is 2.31. The van der Waals surface area contributed by atoms with Crippen molar-refractivity contribution in [3.05, 3.63) is 27.7 Å². The lowest BCUT2D eigenvalue weighted by molar-refractivity contribution is 0.0395. The van der Waals surface area contributed by atoms with Gasteiger partial charge in [0.15, 0.2) is 0 Å². The van der Waals surface area contributed by atoms with Crippen molar-refractivity contribution in [2.45, 2.75) is 32.9 Å². The summed E-state index contributed by atoms with van der Waals surface area (Å²) in [5.41, 5.74) is 5.85. The second-order valence-electron chi connectivity index (χ2n) is 5.16. The van der Waals surface area contributed by atoms with Gasteiger partial charge in [0.1, 0.15) is 5.75 Å². The molecule has 1 aromatic rings. The van der Waals surface area contributed by atoms with E-state index in [-0.39, 0.29) is 23.2 Å². The smallest absolute Gasteiger partial charge is 0.123 e. The molecule has 0 aromatic heterocycles. The summed E-state index contributed by atoms with van der Waals surface area (Å²) in [6, 6.07) is 2.09. The summed E-state index contributed by atoms with van der Waals surface area (Å²) in [7, 11) is 0. The van der Waals surface area contributed by atoms with Crippen molar-refractivity contribution in [2.75, 3.05) is 0 Å².